The van der Waals surface area contributed by atoms with Crippen LogP contribution < -0.4 is 10.6 Å². The zero-order chi connectivity index (χ0) is 13.5. The lowest BCUT2D eigenvalue weighted by atomic mass is 10.1. The SMILES string of the molecule is CCC(C)NC(=O)CCNc1cc(C)cc(C)c1. The second kappa shape index (κ2) is 7.04. The van der Waals surface area contributed by atoms with Gasteiger partial charge in [0.15, 0.2) is 0 Å². The van der Waals surface area contributed by atoms with E-state index in [1.54, 1.807) is 0 Å². The van der Waals surface area contributed by atoms with Crippen molar-refractivity contribution in [1.82, 2.24) is 5.32 Å². The molecule has 0 saturated heterocycles. The van der Waals surface area contributed by atoms with E-state index in [-0.39, 0.29) is 11.9 Å². The highest BCUT2D eigenvalue weighted by Gasteiger charge is 2.04. The Hall–Kier alpha value is -1.51. The van der Waals surface area contributed by atoms with Crippen molar-refractivity contribution in [3.05, 3.63) is 29.3 Å². The first-order valence-corrected chi connectivity index (χ1v) is 6.62. The maximum Gasteiger partial charge on any atom is 0.221 e. The molecule has 0 heterocycles. The maximum absolute atomic E-state index is 11.6. The summed E-state index contributed by atoms with van der Waals surface area (Å²) in [7, 11) is 0. The third kappa shape index (κ3) is 5.21. The Bertz CT molecular complexity index is 381. The first-order chi connectivity index (χ1) is 8.51. The fraction of sp³-hybridized carbons (Fsp3) is 0.533. The molecule has 0 aliphatic heterocycles. The van der Waals surface area contributed by atoms with E-state index in [2.05, 4.69) is 49.6 Å². The fourth-order valence-electron chi connectivity index (χ4n) is 1.85. The van der Waals surface area contributed by atoms with Crippen molar-refractivity contribution in [3.8, 4) is 0 Å². The normalized spacial score (nSPS) is 12.0. The lowest BCUT2D eigenvalue weighted by Gasteiger charge is -2.12. The molecule has 1 unspecified atom stereocenters. The molecule has 0 saturated carbocycles. The van der Waals surface area contributed by atoms with Gasteiger partial charge in [-0.25, -0.2) is 0 Å². The Morgan fingerprint density at radius 2 is 1.83 bits per heavy atom. The summed E-state index contributed by atoms with van der Waals surface area (Å²) in [5, 5.41) is 6.25. The van der Waals surface area contributed by atoms with E-state index in [1.807, 2.05) is 6.92 Å². The summed E-state index contributed by atoms with van der Waals surface area (Å²) in [6, 6.07) is 6.60. The highest BCUT2D eigenvalue weighted by Crippen LogP contribution is 2.13. The molecule has 2 N–H and O–H groups in total. The van der Waals surface area contributed by atoms with E-state index < -0.39 is 0 Å². The number of anilines is 1. The molecule has 1 aromatic carbocycles. The van der Waals surface area contributed by atoms with Crippen LogP contribution in [0.15, 0.2) is 18.2 Å². The van der Waals surface area contributed by atoms with Crippen molar-refractivity contribution in [2.24, 2.45) is 0 Å². The quantitative estimate of drug-likeness (QED) is 0.812. The molecule has 0 radical (unpaired) electrons. The molecule has 0 bridgehead atoms. The Morgan fingerprint density at radius 1 is 1.22 bits per heavy atom. The first-order valence-electron chi connectivity index (χ1n) is 6.62. The molecule has 1 amide bonds. The fourth-order valence-corrected chi connectivity index (χ4v) is 1.85. The molecule has 0 aliphatic carbocycles. The molecule has 3 nitrogen and oxygen atoms in total. The zero-order valence-electron chi connectivity index (χ0n) is 11.8. The Morgan fingerprint density at radius 3 is 2.39 bits per heavy atom. The number of rotatable bonds is 6. The molecule has 3 heteroatoms. The van der Waals surface area contributed by atoms with Crippen LogP contribution in [0.25, 0.3) is 0 Å². The minimum Gasteiger partial charge on any atom is -0.385 e. The minimum atomic E-state index is 0.112. The average Bonchev–Trinajstić information content (AvgIpc) is 2.27. The molecule has 0 aliphatic rings. The standard InChI is InChI=1S/C15H24N2O/c1-5-13(4)17-15(18)6-7-16-14-9-11(2)8-12(3)10-14/h8-10,13,16H,5-7H2,1-4H3,(H,17,18). The predicted molar refractivity (Wildman–Crippen MR) is 76.9 cm³/mol. The van der Waals surface area contributed by atoms with E-state index in [1.165, 1.54) is 11.1 Å². The van der Waals surface area contributed by atoms with Gasteiger partial charge in [-0.1, -0.05) is 13.0 Å². The molecule has 1 atom stereocenters. The molecule has 18 heavy (non-hydrogen) atoms. The summed E-state index contributed by atoms with van der Waals surface area (Å²) in [5.41, 5.74) is 3.56. The monoisotopic (exact) mass is 248 g/mol. The third-order valence-electron chi connectivity index (χ3n) is 2.92. The second-order valence-corrected chi connectivity index (χ2v) is 4.93. The molecule has 1 rings (SSSR count). The van der Waals surface area contributed by atoms with Crippen LogP contribution in [0.3, 0.4) is 0 Å². The van der Waals surface area contributed by atoms with E-state index in [4.69, 9.17) is 0 Å². The van der Waals surface area contributed by atoms with Crippen molar-refractivity contribution in [3.63, 3.8) is 0 Å². The van der Waals surface area contributed by atoms with E-state index in [0.29, 0.717) is 13.0 Å². The Balaban J connectivity index is 2.35. The van der Waals surface area contributed by atoms with Gasteiger partial charge in [-0.15, -0.1) is 0 Å². The molecular formula is C15H24N2O. The lowest BCUT2D eigenvalue weighted by molar-refractivity contribution is -0.121. The van der Waals surface area contributed by atoms with Gasteiger partial charge < -0.3 is 10.6 Å². The van der Waals surface area contributed by atoms with Crippen molar-refractivity contribution < 1.29 is 4.79 Å². The number of hydrogen-bond donors (Lipinski definition) is 2. The highest BCUT2D eigenvalue weighted by atomic mass is 16.1. The van der Waals surface area contributed by atoms with E-state index in [0.717, 1.165) is 12.1 Å². The zero-order valence-corrected chi connectivity index (χ0v) is 11.8. The number of amides is 1. The topological polar surface area (TPSA) is 41.1 Å². The Kier molecular flexibility index (Phi) is 5.69. The first kappa shape index (κ1) is 14.6. The van der Waals surface area contributed by atoms with Crippen LogP contribution in [0.5, 0.6) is 0 Å². The summed E-state index contributed by atoms with van der Waals surface area (Å²) in [4.78, 5) is 11.6. The van der Waals surface area contributed by atoms with Crippen molar-refractivity contribution in [2.45, 2.75) is 46.6 Å². The molecule has 1 aromatic rings. The molecule has 0 fully saturated rings. The number of carbonyl (C=O) groups is 1. The van der Waals surface area contributed by atoms with Crippen LogP contribution in [0.1, 0.15) is 37.8 Å². The summed E-state index contributed by atoms with van der Waals surface area (Å²) < 4.78 is 0. The van der Waals surface area contributed by atoms with E-state index in [9.17, 15) is 4.79 Å². The number of carbonyl (C=O) groups excluding carboxylic acids is 1. The van der Waals surface area contributed by atoms with Gasteiger partial charge in [0.05, 0.1) is 0 Å². The van der Waals surface area contributed by atoms with Crippen LogP contribution in [0.2, 0.25) is 0 Å². The van der Waals surface area contributed by atoms with Crippen molar-refractivity contribution >= 4 is 11.6 Å². The van der Waals surface area contributed by atoms with E-state index >= 15 is 0 Å². The number of nitrogens with one attached hydrogen (secondary N) is 2. The predicted octanol–water partition coefficient (Wildman–Crippen LogP) is 3.02. The Labute approximate surface area is 110 Å². The van der Waals surface area contributed by atoms with Crippen LogP contribution in [0.4, 0.5) is 5.69 Å². The van der Waals surface area contributed by atoms with Gasteiger partial charge in [0.2, 0.25) is 5.91 Å². The van der Waals surface area contributed by atoms with Gasteiger partial charge in [-0.2, -0.15) is 0 Å². The smallest absolute Gasteiger partial charge is 0.221 e. The van der Waals surface area contributed by atoms with Crippen LogP contribution in [-0.4, -0.2) is 18.5 Å². The summed E-state index contributed by atoms with van der Waals surface area (Å²) >= 11 is 0. The highest BCUT2D eigenvalue weighted by molar-refractivity contribution is 5.76. The van der Waals surface area contributed by atoms with Crippen molar-refractivity contribution in [1.29, 1.82) is 0 Å². The summed E-state index contributed by atoms with van der Waals surface area (Å²) in [5.74, 6) is 0.112. The second-order valence-electron chi connectivity index (χ2n) is 4.93. The molecule has 100 valence electrons. The number of aryl methyl sites for hydroxylation is 2. The van der Waals surface area contributed by atoms with Gasteiger partial charge in [0.1, 0.15) is 0 Å². The summed E-state index contributed by atoms with van der Waals surface area (Å²) in [6.45, 7) is 8.92. The van der Waals surface area contributed by atoms with Gasteiger partial charge in [-0.3, -0.25) is 4.79 Å². The van der Waals surface area contributed by atoms with Crippen LogP contribution >= 0.6 is 0 Å². The number of benzene rings is 1. The minimum absolute atomic E-state index is 0.112. The largest absolute Gasteiger partial charge is 0.385 e. The van der Waals surface area contributed by atoms with Gasteiger partial charge in [0, 0.05) is 24.7 Å². The summed E-state index contributed by atoms with van der Waals surface area (Å²) in [6.07, 6.45) is 1.48. The van der Waals surface area contributed by atoms with Gasteiger partial charge >= 0.3 is 0 Å². The van der Waals surface area contributed by atoms with Crippen molar-refractivity contribution in [2.75, 3.05) is 11.9 Å². The number of hydrogen-bond acceptors (Lipinski definition) is 2. The average molecular weight is 248 g/mol. The van der Waals surface area contributed by atoms with Crippen LogP contribution in [0, 0.1) is 13.8 Å². The lowest BCUT2D eigenvalue weighted by Crippen LogP contribution is -2.32. The molecule has 0 aromatic heterocycles. The molecular weight excluding hydrogens is 224 g/mol. The third-order valence-corrected chi connectivity index (χ3v) is 2.92. The van der Waals surface area contributed by atoms with Gasteiger partial charge in [0.25, 0.3) is 0 Å². The molecule has 0 spiro atoms. The van der Waals surface area contributed by atoms with Gasteiger partial charge in [-0.05, 0) is 50.5 Å². The maximum atomic E-state index is 11.6. The van der Waals surface area contributed by atoms with Crippen LogP contribution in [-0.2, 0) is 4.79 Å².